The lowest BCUT2D eigenvalue weighted by molar-refractivity contribution is 0.171. The molecule has 1 aromatic rings. The summed E-state index contributed by atoms with van der Waals surface area (Å²) < 4.78 is 10.5. The van der Waals surface area contributed by atoms with Crippen molar-refractivity contribution in [3.05, 3.63) is 23.8 Å². The van der Waals surface area contributed by atoms with E-state index in [-0.39, 0.29) is 0 Å². The first-order valence-corrected chi connectivity index (χ1v) is 3.61. The summed E-state index contributed by atoms with van der Waals surface area (Å²) in [5, 5.41) is 8.56. The molecule has 3 heteroatoms. The van der Waals surface area contributed by atoms with Crippen LogP contribution >= 0.6 is 0 Å². The summed E-state index contributed by atoms with van der Waals surface area (Å²) in [4.78, 5) is 0. The lowest BCUT2D eigenvalue weighted by atomic mass is 10.2. The Labute approximate surface area is 70.1 Å². The Morgan fingerprint density at radius 1 is 1.33 bits per heavy atom. The molecule has 0 aromatic heterocycles. The zero-order chi connectivity index (χ0) is 8.39. The number of hydrogen-bond acceptors (Lipinski definition) is 3. The molecule has 0 saturated heterocycles. The molecule has 59 valence electrons. The molecule has 0 N–H and O–H groups in total. The number of ether oxygens (including phenoxy) is 2. The molecule has 1 radical (unpaired) electrons. The van der Waals surface area contributed by atoms with Crippen molar-refractivity contribution in [2.24, 2.45) is 0 Å². The number of nitriles is 1. The molecule has 2 rings (SSSR count). The molecule has 0 spiro atoms. The molecule has 1 aliphatic heterocycles. The molecule has 0 atom stereocenters. The van der Waals surface area contributed by atoms with Crippen LogP contribution in [0.5, 0.6) is 11.5 Å². The molecule has 0 unspecified atom stereocenters. The Kier molecular flexibility index (Phi) is 1.60. The Hall–Kier alpha value is -1.69. The van der Waals surface area contributed by atoms with E-state index in [2.05, 4.69) is 6.07 Å². The second-order valence-electron chi connectivity index (χ2n) is 2.38. The Balaban J connectivity index is 2.44. The molecule has 12 heavy (non-hydrogen) atoms. The third kappa shape index (κ3) is 1.08. The van der Waals surface area contributed by atoms with E-state index in [9.17, 15) is 0 Å². The highest BCUT2D eigenvalue weighted by molar-refractivity contribution is 5.46. The largest absolute Gasteiger partial charge is 0.486 e. The minimum atomic E-state index is 0.472. The molecule has 3 nitrogen and oxygen atoms in total. The average Bonchev–Trinajstić information content (AvgIpc) is 2.17. The molecular formula is C9H6NO2. The molecule has 0 amide bonds. The third-order valence-corrected chi connectivity index (χ3v) is 1.60. The molecule has 0 saturated carbocycles. The van der Waals surface area contributed by atoms with E-state index in [1.54, 1.807) is 12.1 Å². The van der Waals surface area contributed by atoms with Gasteiger partial charge in [-0.15, -0.1) is 0 Å². The zero-order valence-electron chi connectivity index (χ0n) is 6.33. The van der Waals surface area contributed by atoms with Crippen LogP contribution in [0.1, 0.15) is 5.56 Å². The van der Waals surface area contributed by atoms with Gasteiger partial charge in [-0.3, -0.25) is 0 Å². The number of fused-ring (bicyclic) bond motifs is 1. The molecule has 1 heterocycles. The minimum absolute atomic E-state index is 0.472. The van der Waals surface area contributed by atoms with Crippen molar-refractivity contribution in [1.82, 2.24) is 0 Å². The van der Waals surface area contributed by atoms with Gasteiger partial charge in [0.15, 0.2) is 11.5 Å². The summed E-state index contributed by atoms with van der Waals surface area (Å²) >= 11 is 0. The van der Waals surface area contributed by atoms with Gasteiger partial charge < -0.3 is 9.47 Å². The van der Waals surface area contributed by atoms with Crippen molar-refractivity contribution in [3.63, 3.8) is 0 Å². The van der Waals surface area contributed by atoms with Gasteiger partial charge in [0.2, 0.25) is 0 Å². The summed E-state index contributed by atoms with van der Waals surface area (Å²) in [6.45, 7) is 1.11. The fourth-order valence-electron chi connectivity index (χ4n) is 1.05. The lowest BCUT2D eigenvalue weighted by Gasteiger charge is -2.17. The quantitative estimate of drug-likeness (QED) is 0.571. The van der Waals surface area contributed by atoms with Gasteiger partial charge in [-0.2, -0.15) is 5.26 Å². The van der Waals surface area contributed by atoms with E-state index < -0.39 is 0 Å². The van der Waals surface area contributed by atoms with Crippen molar-refractivity contribution in [3.8, 4) is 17.6 Å². The highest BCUT2D eigenvalue weighted by atomic mass is 16.6. The minimum Gasteiger partial charge on any atom is -0.486 e. The maximum absolute atomic E-state index is 8.56. The van der Waals surface area contributed by atoms with Gasteiger partial charge in [0.25, 0.3) is 0 Å². The molecule has 0 fully saturated rings. The normalized spacial score (nSPS) is 13.6. The second kappa shape index (κ2) is 2.74. The fourth-order valence-corrected chi connectivity index (χ4v) is 1.05. The van der Waals surface area contributed by atoms with E-state index in [1.165, 1.54) is 0 Å². The number of hydrogen-bond donors (Lipinski definition) is 0. The van der Waals surface area contributed by atoms with Crippen LogP contribution in [0, 0.1) is 17.4 Å². The predicted molar refractivity (Wildman–Crippen MR) is 41.0 cm³/mol. The summed E-state index contributed by atoms with van der Waals surface area (Å²) in [6, 6.07) is 8.03. The van der Waals surface area contributed by atoms with Crippen molar-refractivity contribution in [2.75, 3.05) is 13.2 Å². The molecule has 1 aliphatic rings. The van der Waals surface area contributed by atoms with Crippen LogP contribution in [0.25, 0.3) is 0 Å². The van der Waals surface area contributed by atoms with E-state index in [0.717, 1.165) is 0 Å². The van der Waals surface area contributed by atoms with Gasteiger partial charge >= 0.3 is 0 Å². The standard InChI is InChI=1S/C9H6NO2/c10-6-7-1-2-8-9(5-7)12-4-3-11-8/h2,5H,3-4H2. The van der Waals surface area contributed by atoms with E-state index >= 15 is 0 Å². The third-order valence-electron chi connectivity index (χ3n) is 1.60. The van der Waals surface area contributed by atoms with Gasteiger partial charge in [0.1, 0.15) is 13.2 Å². The second-order valence-corrected chi connectivity index (χ2v) is 2.38. The monoisotopic (exact) mass is 160 g/mol. The van der Waals surface area contributed by atoms with Crippen molar-refractivity contribution >= 4 is 0 Å². The van der Waals surface area contributed by atoms with Crippen LogP contribution in [0.4, 0.5) is 0 Å². The van der Waals surface area contributed by atoms with E-state index in [1.807, 2.05) is 6.07 Å². The Morgan fingerprint density at radius 2 is 2.08 bits per heavy atom. The van der Waals surface area contributed by atoms with Crippen LogP contribution in [0.15, 0.2) is 12.1 Å². The van der Waals surface area contributed by atoms with E-state index in [0.29, 0.717) is 30.3 Å². The van der Waals surface area contributed by atoms with Gasteiger partial charge in [-0.05, 0) is 6.07 Å². The highest BCUT2D eigenvalue weighted by Gasteiger charge is 2.11. The van der Waals surface area contributed by atoms with E-state index in [4.69, 9.17) is 14.7 Å². The first kappa shape index (κ1) is 6.99. The average molecular weight is 160 g/mol. The summed E-state index contributed by atoms with van der Waals surface area (Å²) in [7, 11) is 0. The molecular weight excluding hydrogens is 154 g/mol. The van der Waals surface area contributed by atoms with Crippen molar-refractivity contribution in [2.45, 2.75) is 0 Å². The predicted octanol–water partition coefficient (Wildman–Crippen LogP) is 1.13. The van der Waals surface area contributed by atoms with Gasteiger partial charge in [0, 0.05) is 12.1 Å². The Bertz CT molecular complexity index is 341. The van der Waals surface area contributed by atoms with Crippen LogP contribution < -0.4 is 9.47 Å². The van der Waals surface area contributed by atoms with Gasteiger partial charge in [0.05, 0.1) is 11.6 Å². The number of nitrogens with zero attached hydrogens (tertiary/aromatic N) is 1. The topological polar surface area (TPSA) is 42.2 Å². The lowest BCUT2D eigenvalue weighted by Crippen LogP contribution is -2.15. The highest BCUT2D eigenvalue weighted by Crippen LogP contribution is 2.29. The summed E-state index contributed by atoms with van der Waals surface area (Å²) in [5.41, 5.74) is 0.472. The number of rotatable bonds is 0. The number of benzene rings is 1. The molecule has 0 bridgehead atoms. The van der Waals surface area contributed by atoms with Crippen LogP contribution in [0.2, 0.25) is 0 Å². The van der Waals surface area contributed by atoms with Gasteiger partial charge in [-0.25, -0.2) is 0 Å². The van der Waals surface area contributed by atoms with Crippen LogP contribution in [-0.2, 0) is 0 Å². The first-order valence-electron chi connectivity index (χ1n) is 3.61. The van der Waals surface area contributed by atoms with Crippen molar-refractivity contribution in [1.29, 1.82) is 5.26 Å². The molecule has 1 aromatic carbocycles. The summed E-state index contributed by atoms with van der Waals surface area (Å²) in [6.07, 6.45) is 0. The summed E-state index contributed by atoms with van der Waals surface area (Å²) in [5.74, 6) is 1.30. The zero-order valence-corrected chi connectivity index (χ0v) is 6.33. The smallest absolute Gasteiger partial charge is 0.162 e. The van der Waals surface area contributed by atoms with Gasteiger partial charge in [-0.1, -0.05) is 0 Å². The SMILES string of the molecule is N#Cc1[c]cc2c(c1)OCCO2. The molecule has 0 aliphatic carbocycles. The van der Waals surface area contributed by atoms with Crippen molar-refractivity contribution < 1.29 is 9.47 Å². The van der Waals surface area contributed by atoms with Crippen LogP contribution in [0.3, 0.4) is 0 Å². The fraction of sp³-hybridized carbons (Fsp3) is 0.222. The maximum Gasteiger partial charge on any atom is 0.162 e. The maximum atomic E-state index is 8.56. The first-order chi connectivity index (χ1) is 5.90. The van der Waals surface area contributed by atoms with Crippen LogP contribution in [-0.4, -0.2) is 13.2 Å². The Morgan fingerprint density at radius 3 is 2.83 bits per heavy atom.